The molecule has 3 nitrogen and oxygen atoms in total. The van der Waals surface area contributed by atoms with Crippen molar-refractivity contribution in [3.05, 3.63) is 44.7 Å². The maximum atomic E-state index is 5.85. The Morgan fingerprint density at radius 2 is 1.95 bits per heavy atom. The van der Waals surface area contributed by atoms with Crippen molar-refractivity contribution in [1.82, 2.24) is 9.97 Å². The van der Waals surface area contributed by atoms with Crippen molar-refractivity contribution >= 4 is 31.9 Å². The summed E-state index contributed by atoms with van der Waals surface area (Å²) in [5.74, 6) is 2.15. The quantitative estimate of drug-likeness (QED) is 0.690. The molecule has 0 radical (unpaired) electrons. The summed E-state index contributed by atoms with van der Waals surface area (Å²) in [5, 5.41) is 0. The summed E-state index contributed by atoms with van der Waals surface area (Å²) in [6.45, 7) is 4.11. The first kappa shape index (κ1) is 14.5. The third-order valence-electron chi connectivity index (χ3n) is 2.56. The molecule has 1 heterocycles. The molecule has 19 heavy (non-hydrogen) atoms. The lowest BCUT2D eigenvalue weighted by Crippen LogP contribution is -1.98. The van der Waals surface area contributed by atoms with Crippen LogP contribution in [0.5, 0.6) is 11.6 Å². The highest BCUT2D eigenvalue weighted by Gasteiger charge is 2.07. The summed E-state index contributed by atoms with van der Waals surface area (Å²) < 4.78 is 7.57. The first-order chi connectivity index (χ1) is 9.08. The van der Waals surface area contributed by atoms with E-state index >= 15 is 0 Å². The predicted octanol–water partition coefficient (Wildman–Crippen LogP) is 5.05. The van der Waals surface area contributed by atoms with Gasteiger partial charge in [-0.3, -0.25) is 0 Å². The van der Waals surface area contributed by atoms with E-state index < -0.39 is 0 Å². The first-order valence-electron chi connectivity index (χ1n) is 6.06. The summed E-state index contributed by atoms with van der Waals surface area (Å²) in [6.07, 6.45) is 1.85. The van der Waals surface area contributed by atoms with Gasteiger partial charge in [0, 0.05) is 17.0 Å². The topological polar surface area (TPSA) is 35.0 Å². The monoisotopic (exact) mass is 384 g/mol. The van der Waals surface area contributed by atoms with Crippen LogP contribution in [0.4, 0.5) is 0 Å². The third-order valence-corrected chi connectivity index (χ3v) is 3.46. The lowest BCUT2D eigenvalue weighted by Gasteiger charge is -2.09. The fourth-order valence-electron chi connectivity index (χ4n) is 1.63. The molecule has 1 aromatic heterocycles. The molecule has 2 aromatic rings. The SMILES string of the molecule is CCCc1nc(Br)cc(Oc2cc(Br)ccc2C)n1. The highest BCUT2D eigenvalue weighted by Crippen LogP contribution is 2.28. The molecular weight excluding hydrogens is 372 g/mol. The van der Waals surface area contributed by atoms with Crippen LogP contribution in [0.25, 0.3) is 0 Å². The normalized spacial score (nSPS) is 10.5. The molecule has 0 aliphatic rings. The van der Waals surface area contributed by atoms with Crippen molar-refractivity contribution in [1.29, 1.82) is 0 Å². The van der Waals surface area contributed by atoms with Crippen LogP contribution in [0.15, 0.2) is 33.3 Å². The molecule has 0 saturated carbocycles. The van der Waals surface area contributed by atoms with Gasteiger partial charge >= 0.3 is 0 Å². The van der Waals surface area contributed by atoms with Crippen molar-refractivity contribution in [3.63, 3.8) is 0 Å². The van der Waals surface area contributed by atoms with Crippen molar-refractivity contribution in [2.75, 3.05) is 0 Å². The average Bonchev–Trinajstić information content (AvgIpc) is 2.33. The molecule has 0 bridgehead atoms. The standard InChI is InChI=1S/C14H14Br2N2O/c1-3-4-13-17-12(16)8-14(18-13)19-11-7-10(15)6-5-9(11)2/h5-8H,3-4H2,1-2H3. The summed E-state index contributed by atoms with van der Waals surface area (Å²) in [7, 11) is 0. The minimum atomic E-state index is 0.562. The second-order valence-corrected chi connectivity index (χ2v) is 5.94. The maximum absolute atomic E-state index is 5.85. The Labute approximate surface area is 129 Å². The molecule has 0 aliphatic carbocycles. The molecule has 100 valence electrons. The largest absolute Gasteiger partial charge is 0.439 e. The van der Waals surface area contributed by atoms with Crippen LogP contribution in [0.1, 0.15) is 24.7 Å². The molecule has 0 N–H and O–H groups in total. The van der Waals surface area contributed by atoms with E-state index in [0.717, 1.165) is 39.1 Å². The second-order valence-electron chi connectivity index (χ2n) is 4.21. The highest BCUT2D eigenvalue weighted by molar-refractivity contribution is 9.10. The number of aryl methyl sites for hydroxylation is 2. The predicted molar refractivity (Wildman–Crippen MR) is 82.7 cm³/mol. The molecule has 0 fully saturated rings. The van der Waals surface area contributed by atoms with Crippen molar-refractivity contribution < 1.29 is 4.74 Å². The van der Waals surface area contributed by atoms with E-state index in [0.29, 0.717) is 5.88 Å². The summed E-state index contributed by atoms with van der Waals surface area (Å²) in [6, 6.07) is 7.70. The highest BCUT2D eigenvalue weighted by atomic mass is 79.9. The molecule has 0 aliphatic heterocycles. The number of hydrogen-bond acceptors (Lipinski definition) is 3. The van der Waals surface area contributed by atoms with Gasteiger partial charge in [-0.05, 0) is 47.0 Å². The van der Waals surface area contributed by atoms with E-state index in [2.05, 4.69) is 48.8 Å². The van der Waals surface area contributed by atoms with Crippen LogP contribution in [0, 0.1) is 6.92 Å². The van der Waals surface area contributed by atoms with Crippen LogP contribution in [-0.4, -0.2) is 9.97 Å². The molecule has 0 atom stereocenters. The van der Waals surface area contributed by atoms with Crippen molar-refractivity contribution in [3.8, 4) is 11.6 Å². The molecule has 5 heteroatoms. The van der Waals surface area contributed by atoms with E-state index in [1.54, 1.807) is 6.07 Å². The number of nitrogens with zero attached hydrogens (tertiary/aromatic N) is 2. The zero-order valence-electron chi connectivity index (χ0n) is 10.8. The van der Waals surface area contributed by atoms with Gasteiger partial charge in [0.25, 0.3) is 0 Å². The van der Waals surface area contributed by atoms with E-state index in [1.807, 2.05) is 25.1 Å². The van der Waals surface area contributed by atoms with E-state index in [1.165, 1.54) is 0 Å². The zero-order valence-corrected chi connectivity index (χ0v) is 14.0. The Bertz CT molecular complexity index is 588. The molecule has 0 amide bonds. The Balaban J connectivity index is 2.29. The number of halogens is 2. The Hall–Kier alpha value is -0.940. The maximum Gasteiger partial charge on any atom is 0.223 e. The average molecular weight is 386 g/mol. The summed E-state index contributed by atoms with van der Waals surface area (Å²) in [5.41, 5.74) is 1.06. The fourth-order valence-corrected chi connectivity index (χ4v) is 2.37. The van der Waals surface area contributed by atoms with Gasteiger partial charge in [-0.2, -0.15) is 4.98 Å². The van der Waals surface area contributed by atoms with Gasteiger partial charge < -0.3 is 4.74 Å². The Kier molecular flexibility index (Phi) is 4.93. The van der Waals surface area contributed by atoms with Crippen LogP contribution in [0.2, 0.25) is 0 Å². The van der Waals surface area contributed by atoms with Crippen molar-refractivity contribution in [2.45, 2.75) is 26.7 Å². The summed E-state index contributed by atoms with van der Waals surface area (Å²) in [4.78, 5) is 8.73. The van der Waals surface area contributed by atoms with E-state index in [9.17, 15) is 0 Å². The number of benzene rings is 1. The van der Waals surface area contributed by atoms with Crippen LogP contribution >= 0.6 is 31.9 Å². The number of rotatable bonds is 4. The van der Waals surface area contributed by atoms with Crippen molar-refractivity contribution in [2.24, 2.45) is 0 Å². The Morgan fingerprint density at radius 1 is 1.16 bits per heavy atom. The van der Waals surface area contributed by atoms with E-state index in [-0.39, 0.29) is 0 Å². The molecule has 0 spiro atoms. The third kappa shape index (κ3) is 4.01. The first-order valence-corrected chi connectivity index (χ1v) is 7.64. The number of hydrogen-bond donors (Lipinski definition) is 0. The minimum absolute atomic E-state index is 0.562. The van der Waals surface area contributed by atoms with Gasteiger partial charge in [-0.15, -0.1) is 0 Å². The Morgan fingerprint density at radius 3 is 2.68 bits per heavy atom. The van der Waals surface area contributed by atoms with Gasteiger partial charge in [-0.25, -0.2) is 4.98 Å². The summed E-state index contributed by atoms with van der Waals surface area (Å²) >= 11 is 6.83. The van der Waals surface area contributed by atoms with E-state index in [4.69, 9.17) is 4.74 Å². The van der Waals surface area contributed by atoms with Gasteiger partial charge in [0.2, 0.25) is 5.88 Å². The molecule has 0 unspecified atom stereocenters. The molecule has 2 rings (SSSR count). The fraction of sp³-hybridized carbons (Fsp3) is 0.286. The van der Waals surface area contributed by atoms with Gasteiger partial charge in [0.05, 0.1) is 0 Å². The van der Waals surface area contributed by atoms with Gasteiger partial charge in [0.1, 0.15) is 16.2 Å². The minimum Gasteiger partial charge on any atom is -0.439 e. The second kappa shape index (κ2) is 6.48. The lowest BCUT2D eigenvalue weighted by molar-refractivity contribution is 0.454. The van der Waals surface area contributed by atoms with Gasteiger partial charge in [0.15, 0.2) is 0 Å². The van der Waals surface area contributed by atoms with Crippen LogP contribution < -0.4 is 4.74 Å². The molecule has 1 aromatic carbocycles. The van der Waals surface area contributed by atoms with Gasteiger partial charge in [-0.1, -0.05) is 28.9 Å². The lowest BCUT2D eigenvalue weighted by atomic mass is 10.2. The smallest absolute Gasteiger partial charge is 0.223 e. The number of ether oxygens (including phenoxy) is 1. The number of aromatic nitrogens is 2. The molecule has 0 saturated heterocycles. The van der Waals surface area contributed by atoms with Crippen LogP contribution in [-0.2, 0) is 6.42 Å². The molecular formula is C14H14Br2N2O. The zero-order chi connectivity index (χ0) is 13.8. The van der Waals surface area contributed by atoms with Crippen LogP contribution in [0.3, 0.4) is 0 Å².